The van der Waals surface area contributed by atoms with Gasteiger partial charge in [0.1, 0.15) is 0 Å². The number of rotatable bonds is 3. The minimum absolute atomic E-state index is 0.676. The van der Waals surface area contributed by atoms with E-state index in [4.69, 9.17) is 24.9 Å². The van der Waals surface area contributed by atoms with Gasteiger partial charge in [-0.1, -0.05) is 48.5 Å². The second-order valence-electron chi connectivity index (χ2n) is 10.0. The van der Waals surface area contributed by atoms with Crippen LogP contribution in [0.25, 0.3) is 66.1 Å². The van der Waals surface area contributed by atoms with E-state index in [1.165, 1.54) is 0 Å². The lowest BCUT2D eigenvalue weighted by Gasteiger charge is -2.25. The molecule has 0 N–H and O–H groups in total. The number of hydrogen-bond acceptors (Lipinski definition) is 6. The monoisotopic (exact) mass is 504 g/mol. The first-order valence-corrected chi connectivity index (χ1v) is 13.4. The second-order valence-corrected chi connectivity index (χ2v) is 10.0. The molecule has 0 aliphatic carbocycles. The molecule has 1 aliphatic heterocycles. The topological polar surface area (TPSA) is 67.7 Å². The zero-order valence-electron chi connectivity index (χ0n) is 21.2. The van der Waals surface area contributed by atoms with Crippen LogP contribution in [-0.2, 0) is 0 Å². The lowest BCUT2D eigenvalue weighted by molar-refractivity contribution is 0.949. The first kappa shape index (κ1) is 22.1. The number of pyridine rings is 3. The molecular formula is C33H24N6. The van der Waals surface area contributed by atoms with Crippen LogP contribution in [0.5, 0.6) is 0 Å². The molecule has 186 valence electrons. The van der Waals surface area contributed by atoms with Crippen molar-refractivity contribution in [1.82, 2.24) is 24.9 Å². The van der Waals surface area contributed by atoms with E-state index in [-0.39, 0.29) is 0 Å². The Hall–Kier alpha value is -4.97. The molecule has 0 radical (unpaired) electrons. The van der Waals surface area contributed by atoms with Gasteiger partial charge in [-0.2, -0.15) is 0 Å². The lowest BCUT2D eigenvalue weighted by atomic mass is 9.94. The summed E-state index contributed by atoms with van der Waals surface area (Å²) in [6, 6.07) is 25.0. The van der Waals surface area contributed by atoms with Gasteiger partial charge >= 0.3 is 0 Å². The molecule has 0 saturated carbocycles. The maximum Gasteiger partial charge on any atom is 0.163 e. The standard InChI is InChI=1S/C33H24N6/c1-2-10-23-22(8-1)20-37-26-12-5-11-24(27(23)26)30-28(33-35-16-7-17-36-33)32(39-18-3-4-19-39)25-14-13-21-9-6-15-34-29(21)31(25)38-30/h1-2,5-17,20H,3-4,18-19H2. The second kappa shape index (κ2) is 8.81. The predicted octanol–water partition coefficient (Wildman–Crippen LogP) is 7.21. The molecule has 0 bridgehead atoms. The molecule has 1 fully saturated rings. The molecule has 0 spiro atoms. The van der Waals surface area contributed by atoms with Crippen LogP contribution in [0.4, 0.5) is 5.69 Å². The normalized spacial score (nSPS) is 13.7. The Morgan fingerprint density at radius 3 is 2.33 bits per heavy atom. The molecule has 4 aromatic heterocycles. The molecule has 6 heteroatoms. The van der Waals surface area contributed by atoms with Gasteiger partial charge in [-0.15, -0.1) is 0 Å². The van der Waals surface area contributed by atoms with E-state index in [9.17, 15) is 0 Å². The minimum atomic E-state index is 0.676. The fourth-order valence-corrected chi connectivity index (χ4v) is 6.06. The Bertz CT molecular complexity index is 2030. The Labute approximate surface area is 225 Å². The van der Waals surface area contributed by atoms with Crippen LogP contribution in [0.2, 0.25) is 0 Å². The SMILES string of the molecule is c1cnc(-c2c(-c3cccc4ncc5ccccc5c34)nc3c(ccc4cccnc43)c2N2CCCC2)nc1. The number of anilines is 1. The molecule has 1 aliphatic rings. The van der Waals surface area contributed by atoms with Gasteiger partial charge in [-0.05, 0) is 42.5 Å². The summed E-state index contributed by atoms with van der Waals surface area (Å²) in [6.45, 7) is 1.97. The molecule has 7 aromatic rings. The minimum Gasteiger partial charge on any atom is -0.370 e. The smallest absolute Gasteiger partial charge is 0.163 e. The largest absolute Gasteiger partial charge is 0.370 e. The van der Waals surface area contributed by atoms with Crippen molar-refractivity contribution in [2.75, 3.05) is 18.0 Å². The number of aromatic nitrogens is 5. The predicted molar refractivity (Wildman–Crippen MR) is 158 cm³/mol. The van der Waals surface area contributed by atoms with Crippen molar-refractivity contribution in [3.8, 4) is 22.6 Å². The van der Waals surface area contributed by atoms with Crippen molar-refractivity contribution < 1.29 is 0 Å². The van der Waals surface area contributed by atoms with Crippen molar-refractivity contribution in [2.45, 2.75) is 12.8 Å². The van der Waals surface area contributed by atoms with Crippen molar-refractivity contribution in [3.63, 3.8) is 0 Å². The number of fused-ring (bicyclic) bond motifs is 6. The van der Waals surface area contributed by atoms with Gasteiger partial charge in [-0.3, -0.25) is 9.97 Å². The van der Waals surface area contributed by atoms with E-state index >= 15 is 0 Å². The first-order chi connectivity index (χ1) is 19.4. The maximum atomic E-state index is 5.44. The highest BCUT2D eigenvalue weighted by molar-refractivity contribution is 6.17. The van der Waals surface area contributed by atoms with Crippen LogP contribution in [0.15, 0.2) is 97.6 Å². The highest BCUT2D eigenvalue weighted by Crippen LogP contribution is 2.46. The molecular weight excluding hydrogens is 480 g/mol. The average molecular weight is 505 g/mol. The Morgan fingerprint density at radius 2 is 1.44 bits per heavy atom. The van der Waals surface area contributed by atoms with Gasteiger partial charge in [0.2, 0.25) is 0 Å². The number of hydrogen-bond donors (Lipinski definition) is 0. The Balaban J connectivity index is 1.60. The third-order valence-electron chi connectivity index (χ3n) is 7.78. The summed E-state index contributed by atoms with van der Waals surface area (Å²) >= 11 is 0. The average Bonchev–Trinajstić information content (AvgIpc) is 3.55. The first-order valence-electron chi connectivity index (χ1n) is 13.4. The number of benzene rings is 3. The van der Waals surface area contributed by atoms with Gasteiger partial charge in [0.05, 0.1) is 33.5 Å². The van der Waals surface area contributed by atoms with Crippen molar-refractivity contribution in [3.05, 3.63) is 97.6 Å². The van der Waals surface area contributed by atoms with E-state index in [2.05, 4.69) is 65.6 Å². The van der Waals surface area contributed by atoms with E-state index in [1.54, 1.807) is 0 Å². The van der Waals surface area contributed by atoms with Crippen LogP contribution in [0.3, 0.4) is 0 Å². The molecule has 0 unspecified atom stereocenters. The number of nitrogens with zero attached hydrogens (tertiary/aromatic N) is 6. The lowest BCUT2D eigenvalue weighted by Crippen LogP contribution is -2.20. The van der Waals surface area contributed by atoms with Crippen LogP contribution < -0.4 is 4.90 Å². The van der Waals surface area contributed by atoms with Crippen molar-refractivity contribution in [2.24, 2.45) is 0 Å². The fraction of sp³-hybridized carbons (Fsp3) is 0.121. The maximum absolute atomic E-state index is 5.44. The Kier molecular flexibility index (Phi) is 4.98. The van der Waals surface area contributed by atoms with Gasteiger partial charge in [0, 0.05) is 65.0 Å². The van der Waals surface area contributed by atoms with Gasteiger partial charge in [0.15, 0.2) is 5.82 Å². The molecule has 1 saturated heterocycles. The van der Waals surface area contributed by atoms with Crippen LogP contribution >= 0.6 is 0 Å². The zero-order valence-corrected chi connectivity index (χ0v) is 21.2. The summed E-state index contributed by atoms with van der Waals surface area (Å²) in [7, 11) is 0. The van der Waals surface area contributed by atoms with E-state index < -0.39 is 0 Å². The third-order valence-corrected chi connectivity index (χ3v) is 7.78. The summed E-state index contributed by atoms with van der Waals surface area (Å²) < 4.78 is 0. The quantitative estimate of drug-likeness (QED) is 0.237. The fourth-order valence-electron chi connectivity index (χ4n) is 6.06. The highest BCUT2D eigenvalue weighted by Gasteiger charge is 2.27. The molecule has 0 atom stereocenters. The van der Waals surface area contributed by atoms with Gasteiger partial charge in [0.25, 0.3) is 0 Å². The van der Waals surface area contributed by atoms with E-state index in [0.717, 1.165) is 91.9 Å². The van der Waals surface area contributed by atoms with Crippen LogP contribution in [0, 0.1) is 0 Å². The Morgan fingerprint density at radius 1 is 0.615 bits per heavy atom. The van der Waals surface area contributed by atoms with Crippen molar-refractivity contribution in [1.29, 1.82) is 0 Å². The van der Waals surface area contributed by atoms with Gasteiger partial charge in [-0.25, -0.2) is 15.0 Å². The van der Waals surface area contributed by atoms with E-state index in [0.29, 0.717) is 5.82 Å². The summed E-state index contributed by atoms with van der Waals surface area (Å²) in [5.74, 6) is 0.676. The van der Waals surface area contributed by atoms with Crippen LogP contribution in [0.1, 0.15) is 12.8 Å². The van der Waals surface area contributed by atoms with E-state index in [1.807, 2.05) is 36.9 Å². The highest BCUT2D eigenvalue weighted by atomic mass is 15.2. The molecule has 8 rings (SSSR count). The summed E-state index contributed by atoms with van der Waals surface area (Å²) in [4.78, 5) is 27.1. The molecule has 5 heterocycles. The molecule has 0 amide bonds. The van der Waals surface area contributed by atoms with Crippen LogP contribution in [-0.4, -0.2) is 38.0 Å². The zero-order chi connectivity index (χ0) is 25.8. The summed E-state index contributed by atoms with van der Waals surface area (Å²) in [6.07, 6.45) is 9.73. The third kappa shape index (κ3) is 3.45. The summed E-state index contributed by atoms with van der Waals surface area (Å²) in [5.41, 5.74) is 6.71. The van der Waals surface area contributed by atoms with Gasteiger partial charge < -0.3 is 4.90 Å². The molecule has 3 aromatic carbocycles. The molecule has 39 heavy (non-hydrogen) atoms. The molecule has 6 nitrogen and oxygen atoms in total. The summed E-state index contributed by atoms with van der Waals surface area (Å²) in [5, 5.41) is 5.49. The van der Waals surface area contributed by atoms with Crippen molar-refractivity contribution >= 4 is 49.2 Å².